The number of oxazole rings is 1. The van der Waals surface area contributed by atoms with Crippen LogP contribution in [0.2, 0.25) is 0 Å². The van der Waals surface area contributed by atoms with Gasteiger partial charge in [-0.3, -0.25) is 4.79 Å². The molecule has 1 aliphatic rings. The summed E-state index contributed by atoms with van der Waals surface area (Å²) in [6.07, 6.45) is -2.80. The van der Waals surface area contributed by atoms with Crippen LogP contribution in [0, 0.1) is 0 Å². The molecule has 1 unspecified atom stereocenters. The Morgan fingerprint density at radius 1 is 1.28 bits per heavy atom. The third-order valence-electron chi connectivity index (χ3n) is 5.64. The minimum absolute atomic E-state index is 0.0152. The van der Waals surface area contributed by atoms with Crippen LogP contribution in [0.25, 0.3) is 22.4 Å². The van der Waals surface area contributed by atoms with Gasteiger partial charge in [0.05, 0.1) is 13.2 Å². The minimum Gasteiger partial charge on any atom is -0.494 e. The number of hydrogen-bond acceptors (Lipinski definition) is 6. The van der Waals surface area contributed by atoms with Gasteiger partial charge in [0.2, 0.25) is 5.89 Å². The normalized spacial score (nSPS) is 17.7. The van der Waals surface area contributed by atoms with E-state index in [0.717, 1.165) is 18.9 Å². The van der Waals surface area contributed by atoms with Gasteiger partial charge in [0.1, 0.15) is 17.0 Å². The standard InChI is InChI=1S/C22H23F3N4O3/c1-11-5-4-10-29(11)21(30)18-19(12(2)26)32-20(28-18)14-6-8-15(31-3)17-13(14)7-9-16(27-17)22(23,24)25/h6-9,11-12H,4-5,10,26H2,1-3H3/t11?,12-/m0/s1. The average Bonchev–Trinajstić information content (AvgIpc) is 3.38. The molecule has 170 valence electrons. The Balaban J connectivity index is 1.86. The zero-order valence-corrected chi connectivity index (χ0v) is 17.9. The van der Waals surface area contributed by atoms with Crippen molar-refractivity contribution >= 4 is 16.8 Å². The number of aromatic nitrogens is 2. The van der Waals surface area contributed by atoms with E-state index in [0.29, 0.717) is 17.5 Å². The first kappa shape index (κ1) is 22.1. The van der Waals surface area contributed by atoms with Crippen molar-refractivity contribution in [2.24, 2.45) is 5.73 Å². The monoisotopic (exact) mass is 448 g/mol. The van der Waals surface area contributed by atoms with Gasteiger partial charge in [0.15, 0.2) is 11.5 Å². The topological polar surface area (TPSA) is 94.5 Å². The number of rotatable bonds is 4. The van der Waals surface area contributed by atoms with Gasteiger partial charge in [-0.25, -0.2) is 9.97 Å². The predicted molar refractivity (Wildman–Crippen MR) is 111 cm³/mol. The zero-order valence-electron chi connectivity index (χ0n) is 17.9. The molecule has 1 saturated heterocycles. The van der Waals surface area contributed by atoms with E-state index >= 15 is 0 Å². The Morgan fingerprint density at radius 3 is 2.62 bits per heavy atom. The number of nitrogens with zero attached hydrogens (tertiary/aromatic N) is 3. The molecule has 0 radical (unpaired) electrons. The average molecular weight is 448 g/mol. The SMILES string of the molecule is COc1ccc(-c2nc(C(=O)N3CCCC3C)c([C@H](C)N)o2)c2ccc(C(F)(F)F)nc12. The Kier molecular flexibility index (Phi) is 5.58. The number of carbonyl (C=O) groups is 1. The molecule has 0 aliphatic carbocycles. The molecule has 0 spiro atoms. The Bertz CT molecular complexity index is 1170. The van der Waals surface area contributed by atoms with E-state index in [1.165, 1.54) is 19.2 Å². The summed E-state index contributed by atoms with van der Waals surface area (Å²) >= 11 is 0. The Hall–Kier alpha value is -3.14. The first-order valence-electron chi connectivity index (χ1n) is 10.2. The molecule has 2 N–H and O–H groups in total. The highest BCUT2D eigenvalue weighted by Crippen LogP contribution is 2.37. The van der Waals surface area contributed by atoms with Crippen LogP contribution in [-0.2, 0) is 6.18 Å². The van der Waals surface area contributed by atoms with Gasteiger partial charge in [0.25, 0.3) is 5.91 Å². The fraction of sp³-hybridized carbons (Fsp3) is 0.409. The number of halogens is 3. The molecule has 1 amide bonds. The molecule has 10 heteroatoms. The van der Waals surface area contributed by atoms with Crippen molar-refractivity contribution in [2.75, 3.05) is 13.7 Å². The number of amides is 1. The molecule has 3 aromatic rings. The summed E-state index contributed by atoms with van der Waals surface area (Å²) in [5.74, 6) is 0.221. The van der Waals surface area contributed by atoms with E-state index in [9.17, 15) is 18.0 Å². The molecular weight excluding hydrogens is 425 g/mol. The van der Waals surface area contributed by atoms with E-state index in [2.05, 4.69) is 9.97 Å². The van der Waals surface area contributed by atoms with Crippen molar-refractivity contribution in [2.45, 2.75) is 44.9 Å². The summed E-state index contributed by atoms with van der Waals surface area (Å²) in [6, 6.07) is 4.76. The van der Waals surface area contributed by atoms with Gasteiger partial charge < -0.3 is 19.8 Å². The van der Waals surface area contributed by atoms with Crippen molar-refractivity contribution in [1.82, 2.24) is 14.9 Å². The molecule has 2 atom stereocenters. The van der Waals surface area contributed by atoms with Crippen LogP contribution in [0.15, 0.2) is 28.7 Å². The van der Waals surface area contributed by atoms with Crippen LogP contribution in [0.3, 0.4) is 0 Å². The van der Waals surface area contributed by atoms with Gasteiger partial charge in [-0.05, 0) is 51.0 Å². The summed E-state index contributed by atoms with van der Waals surface area (Å²) < 4.78 is 50.7. The van der Waals surface area contributed by atoms with Crippen LogP contribution >= 0.6 is 0 Å². The van der Waals surface area contributed by atoms with Crippen molar-refractivity contribution in [1.29, 1.82) is 0 Å². The largest absolute Gasteiger partial charge is 0.494 e. The highest BCUT2D eigenvalue weighted by molar-refractivity contribution is 5.98. The summed E-state index contributed by atoms with van der Waals surface area (Å²) in [6.45, 7) is 4.27. The fourth-order valence-corrected chi connectivity index (χ4v) is 3.98. The molecule has 1 aliphatic heterocycles. The highest BCUT2D eigenvalue weighted by Gasteiger charge is 2.34. The van der Waals surface area contributed by atoms with Crippen molar-refractivity contribution in [3.63, 3.8) is 0 Å². The molecule has 7 nitrogen and oxygen atoms in total. The maximum Gasteiger partial charge on any atom is 0.433 e. The molecule has 1 aromatic carbocycles. The lowest BCUT2D eigenvalue weighted by atomic mass is 10.1. The van der Waals surface area contributed by atoms with Gasteiger partial charge in [0, 0.05) is 23.5 Å². The second-order valence-corrected chi connectivity index (χ2v) is 7.92. The minimum atomic E-state index is -4.60. The van der Waals surface area contributed by atoms with Gasteiger partial charge in [-0.1, -0.05) is 0 Å². The second kappa shape index (κ2) is 8.09. The molecule has 1 fully saturated rings. The molecule has 0 bridgehead atoms. The number of ether oxygens (including phenoxy) is 1. The van der Waals surface area contributed by atoms with Gasteiger partial charge in [-0.15, -0.1) is 0 Å². The Labute approximate surface area is 182 Å². The quantitative estimate of drug-likeness (QED) is 0.629. The van der Waals surface area contributed by atoms with E-state index in [1.54, 1.807) is 17.9 Å². The van der Waals surface area contributed by atoms with Crippen LogP contribution in [0.1, 0.15) is 54.7 Å². The lowest BCUT2D eigenvalue weighted by Crippen LogP contribution is -2.34. The third kappa shape index (κ3) is 3.79. The van der Waals surface area contributed by atoms with Crippen LogP contribution in [-0.4, -0.2) is 40.5 Å². The van der Waals surface area contributed by atoms with E-state index in [4.69, 9.17) is 14.9 Å². The summed E-state index contributed by atoms with van der Waals surface area (Å²) in [4.78, 5) is 23.1. The summed E-state index contributed by atoms with van der Waals surface area (Å²) in [7, 11) is 1.35. The maximum atomic E-state index is 13.2. The van der Waals surface area contributed by atoms with Gasteiger partial charge >= 0.3 is 6.18 Å². The fourth-order valence-electron chi connectivity index (χ4n) is 3.98. The second-order valence-electron chi connectivity index (χ2n) is 7.92. The number of fused-ring (bicyclic) bond motifs is 1. The van der Waals surface area contributed by atoms with Gasteiger partial charge in [-0.2, -0.15) is 13.2 Å². The molecule has 3 heterocycles. The number of likely N-dealkylation sites (tertiary alicyclic amines) is 1. The van der Waals surface area contributed by atoms with Crippen molar-refractivity contribution in [3.8, 4) is 17.2 Å². The summed E-state index contributed by atoms with van der Waals surface area (Å²) in [5, 5.41) is 0.350. The molecule has 0 saturated carbocycles. The number of hydrogen-bond donors (Lipinski definition) is 1. The lowest BCUT2D eigenvalue weighted by molar-refractivity contribution is -0.140. The van der Waals surface area contributed by atoms with E-state index < -0.39 is 17.9 Å². The van der Waals surface area contributed by atoms with Crippen LogP contribution < -0.4 is 10.5 Å². The molecule has 2 aromatic heterocycles. The number of carbonyl (C=O) groups excluding carboxylic acids is 1. The molecule has 4 rings (SSSR count). The van der Waals surface area contributed by atoms with Crippen molar-refractivity contribution in [3.05, 3.63) is 41.4 Å². The lowest BCUT2D eigenvalue weighted by Gasteiger charge is -2.20. The van der Waals surface area contributed by atoms with E-state index in [1.807, 2.05) is 6.92 Å². The highest BCUT2D eigenvalue weighted by atomic mass is 19.4. The first-order valence-corrected chi connectivity index (χ1v) is 10.2. The predicted octanol–water partition coefficient (Wildman–Crippen LogP) is 4.56. The summed E-state index contributed by atoms with van der Waals surface area (Å²) in [5.41, 5.74) is 5.52. The van der Waals surface area contributed by atoms with Crippen LogP contribution in [0.4, 0.5) is 13.2 Å². The number of methoxy groups -OCH3 is 1. The number of pyridine rings is 1. The first-order chi connectivity index (χ1) is 15.1. The van der Waals surface area contributed by atoms with E-state index in [-0.39, 0.29) is 40.6 Å². The molecular formula is C22H23F3N4O3. The molecule has 32 heavy (non-hydrogen) atoms. The number of alkyl halides is 3. The van der Waals surface area contributed by atoms with Crippen LogP contribution in [0.5, 0.6) is 5.75 Å². The van der Waals surface area contributed by atoms with Crippen molar-refractivity contribution < 1.29 is 27.1 Å². The third-order valence-corrected chi connectivity index (χ3v) is 5.64. The maximum absolute atomic E-state index is 13.2. The zero-order chi connectivity index (χ0) is 23.2. The smallest absolute Gasteiger partial charge is 0.433 e. The number of nitrogens with two attached hydrogens (primary N) is 1. The number of benzene rings is 1. The Morgan fingerprint density at radius 2 is 2.03 bits per heavy atom.